The standard InChI is InChI=1S/C16H15Cl2NO4S/c1-19(24(2,21)22)12-8-6-11(7-9-12)14(20)10-23-15-5-3-4-13(17)16(15)18/h3-9H,10H2,1-2H3. The molecule has 0 unspecified atom stereocenters. The number of anilines is 1. The third kappa shape index (κ3) is 4.41. The number of carbonyl (C=O) groups is 1. The van der Waals surface area contributed by atoms with Crippen LogP contribution in [-0.2, 0) is 10.0 Å². The Balaban J connectivity index is 2.07. The molecule has 0 amide bonds. The van der Waals surface area contributed by atoms with Gasteiger partial charge < -0.3 is 4.74 Å². The maximum Gasteiger partial charge on any atom is 0.231 e. The summed E-state index contributed by atoms with van der Waals surface area (Å²) in [6.07, 6.45) is 1.11. The van der Waals surface area contributed by atoms with Gasteiger partial charge in [-0.05, 0) is 36.4 Å². The summed E-state index contributed by atoms with van der Waals surface area (Å²) in [5, 5.41) is 0.590. The Hall–Kier alpha value is -1.76. The largest absolute Gasteiger partial charge is 0.484 e. The number of carbonyl (C=O) groups excluding carboxylic acids is 1. The molecule has 0 aliphatic carbocycles. The number of hydrogen-bond acceptors (Lipinski definition) is 4. The van der Waals surface area contributed by atoms with Crippen LogP contribution in [-0.4, -0.2) is 34.1 Å². The van der Waals surface area contributed by atoms with Gasteiger partial charge in [-0.3, -0.25) is 9.10 Å². The first-order valence-electron chi connectivity index (χ1n) is 6.84. The summed E-state index contributed by atoms with van der Waals surface area (Å²) in [7, 11) is -1.91. The van der Waals surface area contributed by atoms with Crippen LogP contribution in [0.15, 0.2) is 42.5 Å². The zero-order chi connectivity index (χ0) is 17.9. The topological polar surface area (TPSA) is 63.7 Å². The molecule has 0 fully saturated rings. The average molecular weight is 388 g/mol. The van der Waals surface area contributed by atoms with Crippen LogP contribution in [0.5, 0.6) is 5.75 Å². The molecule has 0 aliphatic heterocycles. The van der Waals surface area contributed by atoms with E-state index in [0.29, 0.717) is 22.0 Å². The van der Waals surface area contributed by atoms with Gasteiger partial charge in [0.15, 0.2) is 12.4 Å². The maximum atomic E-state index is 12.2. The van der Waals surface area contributed by atoms with Crippen molar-refractivity contribution in [1.29, 1.82) is 0 Å². The molecule has 0 aliphatic rings. The Labute approximate surface area is 150 Å². The summed E-state index contributed by atoms with van der Waals surface area (Å²) in [6, 6.07) is 11.1. The Morgan fingerprint density at radius 3 is 2.33 bits per heavy atom. The Morgan fingerprint density at radius 2 is 1.75 bits per heavy atom. The molecule has 0 bridgehead atoms. The van der Waals surface area contributed by atoms with Crippen LogP contribution in [0.2, 0.25) is 10.0 Å². The van der Waals surface area contributed by atoms with Crippen LogP contribution < -0.4 is 9.04 Å². The molecule has 8 heteroatoms. The molecule has 2 aromatic carbocycles. The van der Waals surface area contributed by atoms with Crippen LogP contribution in [0.25, 0.3) is 0 Å². The smallest absolute Gasteiger partial charge is 0.231 e. The molecule has 5 nitrogen and oxygen atoms in total. The van der Waals surface area contributed by atoms with Gasteiger partial charge in [-0.15, -0.1) is 0 Å². The minimum atomic E-state index is -3.35. The molecular formula is C16H15Cl2NO4S. The van der Waals surface area contributed by atoms with E-state index >= 15 is 0 Å². The van der Waals surface area contributed by atoms with E-state index in [1.807, 2.05) is 0 Å². The van der Waals surface area contributed by atoms with E-state index in [9.17, 15) is 13.2 Å². The van der Waals surface area contributed by atoms with Gasteiger partial charge in [0.2, 0.25) is 10.0 Å². The SMILES string of the molecule is CN(c1ccc(C(=O)COc2cccc(Cl)c2Cl)cc1)S(C)(=O)=O. The van der Waals surface area contributed by atoms with Gasteiger partial charge in [-0.2, -0.15) is 0 Å². The van der Waals surface area contributed by atoms with Crippen LogP contribution in [0.3, 0.4) is 0 Å². The van der Waals surface area contributed by atoms with Crippen molar-refractivity contribution in [2.45, 2.75) is 0 Å². The molecule has 0 saturated carbocycles. The second-order valence-electron chi connectivity index (χ2n) is 5.04. The summed E-state index contributed by atoms with van der Waals surface area (Å²) < 4.78 is 29.5. The van der Waals surface area contributed by atoms with E-state index in [1.165, 1.54) is 7.05 Å². The second kappa shape index (κ2) is 7.42. The monoisotopic (exact) mass is 387 g/mol. The lowest BCUT2D eigenvalue weighted by atomic mass is 10.1. The lowest BCUT2D eigenvalue weighted by Gasteiger charge is -2.16. The van der Waals surface area contributed by atoms with E-state index in [1.54, 1.807) is 42.5 Å². The van der Waals surface area contributed by atoms with Crippen molar-refractivity contribution in [2.24, 2.45) is 0 Å². The molecule has 0 heterocycles. The van der Waals surface area contributed by atoms with Crippen molar-refractivity contribution in [2.75, 3.05) is 24.2 Å². The molecule has 0 spiro atoms. The highest BCUT2D eigenvalue weighted by Crippen LogP contribution is 2.31. The summed E-state index contributed by atoms with van der Waals surface area (Å²) in [4.78, 5) is 12.2. The first-order chi connectivity index (χ1) is 11.2. The molecule has 0 aromatic heterocycles. The van der Waals surface area contributed by atoms with E-state index in [2.05, 4.69) is 0 Å². The summed E-state index contributed by atoms with van der Waals surface area (Å²) in [5.74, 6) is 0.0607. The number of benzene rings is 2. The van der Waals surface area contributed by atoms with E-state index in [0.717, 1.165) is 10.6 Å². The molecule has 0 atom stereocenters. The Morgan fingerprint density at radius 1 is 1.12 bits per heavy atom. The molecular weight excluding hydrogens is 373 g/mol. The van der Waals surface area contributed by atoms with Gasteiger partial charge in [-0.25, -0.2) is 8.42 Å². The van der Waals surface area contributed by atoms with Gasteiger partial charge in [0.25, 0.3) is 0 Å². The molecule has 2 aromatic rings. The lowest BCUT2D eigenvalue weighted by Crippen LogP contribution is -2.24. The third-order valence-electron chi connectivity index (χ3n) is 3.33. The Bertz CT molecular complexity index is 851. The first-order valence-corrected chi connectivity index (χ1v) is 9.44. The van der Waals surface area contributed by atoms with E-state index in [4.69, 9.17) is 27.9 Å². The predicted molar refractivity (Wildman–Crippen MR) is 96.0 cm³/mol. The van der Waals surface area contributed by atoms with Crippen molar-refractivity contribution >= 4 is 44.7 Å². The van der Waals surface area contributed by atoms with E-state index < -0.39 is 10.0 Å². The van der Waals surface area contributed by atoms with Gasteiger partial charge >= 0.3 is 0 Å². The third-order valence-corrected chi connectivity index (χ3v) is 5.33. The maximum absolute atomic E-state index is 12.2. The molecule has 0 N–H and O–H groups in total. The number of hydrogen-bond donors (Lipinski definition) is 0. The molecule has 2 rings (SSSR count). The average Bonchev–Trinajstić information content (AvgIpc) is 2.54. The fraction of sp³-hybridized carbons (Fsp3) is 0.188. The molecule has 128 valence electrons. The number of ketones is 1. The quantitative estimate of drug-likeness (QED) is 0.709. The fourth-order valence-electron chi connectivity index (χ4n) is 1.87. The highest BCUT2D eigenvalue weighted by atomic mass is 35.5. The van der Waals surface area contributed by atoms with Crippen molar-refractivity contribution in [3.05, 3.63) is 58.1 Å². The molecule has 0 radical (unpaired) electrons. The fourth-order valence-corrected chi connectivity index (χ4v) is 2.72. The van der Waals surface area contributed by atoms with Gasteiger partial charge in [0, 0.05) is 12.6 Å². The van der Waals surface area contributed by atoms with Crippen molar-refractivity contribution in [1.82, 2.24) is 0 Å². The highest BCUT2D eigenvalue weighted by Gasteiger charge is 2.14. The van der Waals surface area contributed by atoms with Crippen LogP contribution in [0.4, 0.5) is 5.69 Å². The molecule has 0 saturated heterocycles. The number of sulfonamides is 1. The van der Waals surface area contributed by atoms with Crippen molar-refractivity contribution < 1.29 is 17.9 Å². The highest BCUT2D eigenvalue weighted by molar-refractivity contribution is 7.92. The number of halogens is 2. The number of rotatable bonds is 6. The lowest BCUT2D eigenvalue weighted by molar-refractivity contribution is 0.0921. The minimum absolute atomic E-state index is 0.207. The Kier molecular flexibility index (Phi) is 5.74. The number of Topliss-reactive ketones (excluding diaryl/α,β-unsaturated/α-hetero) is 1. The van der Waals surface area contributed by atoms with Crippen LogP contribution in [0, 0.1) is 0 Å². The zero-order valence-electron chi connectivity index (χ0n) is 13.0. The predicted octanol–water partition coefficient (Wildman–Crippen LogP) is 3.65. The minimum Gasteiger partial charge on any atom is -0.484 e. The normalized spacial score (nSPS) is 11.2. The number of ether oxygens (including phenoxy) is 1. The summed E-state index contributed by atoms with van der Waals surface area (Å²) >= 11 is 11.9. The zero-order valence-corrected chi connectivity index (χ0v) is 15.3. The first kappa shape index (κ1) is 18.6. The second-order valence-corrected chi connectivity index (χ2v) is 7.84. The van der Waals surface area contributed by atoms with Crippen LogP contribution in [0.1, 0.15) is 10.4 Å². The summed E-state index contributed by atoms with van der Waals surface area (Å²) in [6.45, 7) is -0.207. The number of nitrogens with zero attached hydrogens (tertiary/aromatic N) is 1. The summed E-state index contributed by atoms with van der Waals surface area (Å²) in [5.41, 5.74) is 0.867. The molecule has 24 heavy (non-hydrogen) atoms. The van der Waals surface area contributed by atoms with Gasteiger partial charge in [0.05, 0.1) is 17.0 Å². The van der Waals surface area contributed by atoms with Gasteiger partial charge in [0.1, 0.15) is 10.8 Å². The van der Waals surface area contributed by atoms with Crippen LogP contribution >= 0.6 is 23.2 Å². The van der Waals surface area contributed by atoms with Crippen molar-refractivity contribution in [3.63, 3.8) is 0 Å². The van der Waals surface area contributed by atoms with Gasteiger partial charge in [-0.1, -0.05) is 29.3 Å². The van der Waals surface area contributed by atoms with Crippen molar-refractivity contribution in [3.8, 4) is 5.75 Å². The van der Waals surface area contributed by atoms with E-state index in [-0.39, 0.29) is 17.4 Å².